The van der Waals surface area contributed by atoms with E-state index in [9.17, 15) is 4.79 Å². The highest BCUT2D eigenvalue weighted by molar-refractivity contribution is 5.67. The zero-order valence-electron chi connectivity index (χ0n) is 10.0. The molecule has 0 spiro atoms. The highest BCUT2D eigenvalue weighted by atomic mass is 16.4. The molecule has 0 fully saturated rings. The number of pyridine rings is 1. The second-order valence-corrected chi connectivity index (χ2v) is 4.17. The summed E-state index contributed by atoms with van der Waals surface area (Å²) in [6.45, 7) is 0. The summed E-state index contributed by atoms with van der Waals surface area (Å²) in [4.78, 5) is 15.0. The van der Waals surface area contributed by atoms with Crippen molar-refractivity contribution in [2.45, 2.75) is 19.3 Å². The first-order valence-corrected chi connectivity index (χ1v) is 5.94. The quantitative estimate of drug-likeness (QED) is 0.875. The van der Waals surface area contributed by atoms with Gasteiger partial charge in [0.05, 0.1) is 0 Å². The minimum atomic E-state index is -0.774. The predicted octanol–water partition coefficient (Wildman–Crippen LogP) is 2.69. The third-order valence-corrected chi connectivity index (χ3v) is 2.81. The smallest absolute Gasteiger partial charge is 0.303 e. The van der Waals surface area contributed by atoms with E-state index in [-0.39, 0.29) is 6.42 Å². The summed E-state index contributed by atoms with van der Waals surface area (Å²) in [6, 6.07) is 13.9. The second kappa shape index (κ2) is 5.96. The number of rotatable bonds is 5. The van der Waals surface area contributed by atoms with E-state index in [0.717, 1.165) is 17.7 Å². The average molecular weight is 241 g/mol. The van der Waals surface area contributed by atoms with Crippen LogP contribution in [0.25, 0.3) is 0 Å². The molecule has 0 aliphatic heterocycles. The number of carbonyl (C=O) groups is 1. The number of aromatic nitrogens is 1. The lowest BCUT2D eigenvalue weighted by Gasteiger charge is -2.07. The van der Waals surface area contributed by atoms with E-state index in [2.05, 4.69) is 17.1 Å². The Labute approximate surface area is 106 Å². The van der Waals surface area contributed by atoms with E-state index in [0.29, 0.717) is 6.42 Å². The van der Waals surface area contributed by atoms with Crippen molar-refractivity contribution in [3.05, 3.63) is 65.5 Å². The van der Waals surface area contributed by atoms with Crippen molar-refractivity contribution < 1.29 is 9.90 Å². The maximum absolute atomic E-state index is 10.6. The molecule has 0 aliphatic carbocycles. The fourth-order valence-corrected chi connectivity index (χ4v) is 1.89. The van der Waals surface area contributed by atoms with Crippen molar-refractivity contribution in [2.24, 2.45) is 0 Å². The summed E-state index contributed by atoms with van der Waals surface area (Å²) in [5.41, 5.74) is 3.17. The highest BCUT2D eigenvalue weighted by Gasteiger charge is 2.06. The van der Waals surface area contributed by atoms with E-state index in [4.69, 9.17) is 5.11 Å². The molecule has 92 valence electrons. The highest BCUT2D eigenvalue weighted by Crippen LogP contribution is 2.13. The second-order valence-electron chi connectivity index (χ2n) is 4.17. The van der Waals surface area contributed by atoms with Crippen molar-refractivity contribution >= 4 is 5.97 Å². The molecule has 0 unspecified atom stereocenters. The van der Waals surface area contributed by atoms with Crippen LogP contribution >= 0.6 is 0 Å². The van der Waals surface area contributed by atoms with Crippen LogP contribution in [0.2, 0.25) is 0 Å². The minimum absolute atomic E-state index is 0.146. The van der Waals surface area contributed by atoms with Crippen molar-refractivity contribution in [3.8, 4) is 0 Å². The van der Waals surface area contributed by atoms with Crippen LogP contribution < -0.4 is 0 Å². The van der Waals surface area contributed by atoms with Crippen molar-refractivity contribution in [1.82, 2.24) is 4.98 Å². The van der Waals surface area contributed by atoms with Gasteiger partial charge in [-0.25, -0.2) is 0 Å². The Hall–Kier alpha value is -2.16. The van der Waals surface area contributed by atoms with Crippen LogP contribution in [0.15, 0.2) is 48.7 Å². The Balaban J connectivity index is 2.14. The first-order valence-electron chi connectivity index (χ1n) is 5.94. The number of hydrogen-bond acceptors (Lipinski definition) is 2. The Morgan fingerprint density at radius 2 is 1.89 bits per heavy atom. The summed E-state index contributed by atoms with van der Waals surface area (Å²) in [5.74, 6) is -0.774. The molecule has 0 atom stereocenters. The molecule has 1 heterocycles. The van der Waals surface area contributed by atoms with Gasteiger partial charge in [-0.1, -0.05) is 36.4 Å². The van der Waals surface area contributed by atoms with Gasteiger partial charge in [0.15, 0.2) is 0 Å². The normalized spacial score (nSPS) is 10.2. The minimum Gasteiger partial charge on any atom is -0.481 e. The molecule has 2 rings (SSSR count). The summed E-state index contributed by atoms with van der Waals surface area (Å²) in [6.07, 6.45) is 3.18. The summed E-state index contributed by atoms with van der Waals surface area (Å²) in [7, 11) is 0. The van der Waals surface area contributed by atoms with E-state index < -0.39 is 5.97 Å². The van der Waals surface area contributed by atoms with Crippen LogP contribution in [0, 0.1) is 0 Å². The number of hydrogen-bond donors (Lipinski definition) is 1. The molecule has 3 heteroatoms. The molecule has 0 aliphatic rings. The van der Waals surface area contributed by atoms with Gasteiger partial charge in [-0.15, -0.1) is 0 Å². The lowest BCUT2D eigenvalue weighted by Crippen LogP contribution is -2.03. The van der Waals surface area contributed by atoms with Crippen molar-refractivity contribution in [3.63, 3.8) is 0 Å². The van der Waals surface area contributed by atoms with Crippen molar-refractivity contribution in [1.29, 1.82) is 0 Å². The van der Waals surface area contributed by atoms with Crippen LogP contribution in [0.3, 0.4) is 0 Å². The van der Waals surface area contributed by atoms with Crippen LogP contribution in [0.5, 0.6) is 0 Å². The molecule has 0 saturated heterocycles. The first-order chi connectivity index (χ1) is 8.75. The Bertz CT molecular complexity index is 523. The predicted molar refractivity (Wildman–Crippen MR) is 69.4 cm³/mol. The van der Waals surface area contributed by atoms with Gasteiger partial charge in [0, 0.05) is 24.7 Å². The lowest BCUT2D eigenvalue weighted by atomic mass is 10.0. The molecule has 18 heavy (non-hydrogen) atoms. The maximum atomic E-state index is 10.6. The number of nitrogens with zero attached hydrogens (tertiary/aromatic N) is 1. The van der Waals surface area contributed by atoms with Crippen LogP contribution in [-0.2, 0) is 17.6 Å². The molecule has 0 saturated carbocycles. The van der Waals surface area contributed by atoms with Gasteiger partial charge < -0.3 is 5.11 Å². The van der Waals surface area contributed by atoms with Gasteiger partial charge in [0.1, 0.15) is 0 Å². The van der Waals surface area contributed by atoms with E-state index >= 15 is 0 Å². The average Bonchev–Trinajstić information content (AvgIpc) is 2.39. The third kappa shape index (κ3) is 3.42. The first kappa shape index (κ1) is 12.3. The summed E-state index contributed by atoms with van der Waals surface area (Å²) < 4.78 is 0. The largest absolute Gasteiger partial charge is 0.481 e. The molecule has 1 aromatic heterocycles. The molecular weight excluding hydrogens is 226 g/mol. The van der Waals surface area contributed by atoms with Gasteiger partial charge in [0.2, 0.25) is 0 Å². The van der Waals surface area contributed by atoms with E-state index in [1.807, 2.05) is 30.3 Å². The molecule has 3 nitrogen and oxygen atoms in total. The topological polar surface area (TPSA) is 50.2 Å². The van der Waals surface area contributed by atoms with Crippen LogP contribution in [0.1, 0.15) is 23.2 Å². The SMILES string of the molecule is O=C(O)CCc1cccnc1Cc1ccccc1. The fraction of sp³-hybridized carbons (Fsp3) is 0.200. The Morgan fingerprint density at radius 3 is 2.61 bits per heavy atom. The number of benzene rings is 1. The molecule has 1 N–H and O–H groups in total. The fourth-order valence-electron chi connectivity index (χ4n) is 1.89. The van der Waals surface area contributed by atoms with Gasteiger partial charge in [-0.2, -0.15) is 0 Å². The van der Waals surface area contributed by atoms with Crippen LogP contribution in [-0.4, -0.2) is 16.1 Å². The van der Waals surface area contributed by atoms with Gasteiger partial charge in [-0.3, -0.25) is 9.78 Å². The number of carboxylic acid groups (broad SMARTS) is 1. The monoisotopic (exact) mass is 241 g/mol. The lowest BCUT2D eigenvalue weighted by molar-refractivity contribution is -0.136. The molecule has 0 bridgehead atoms. The maximum Gasteiger partial charge on any atom is 0.303 e. The number of aliphatic carboxylic acids is 1. The van der Waals surface area contributed by atoms with E-state index in [1.54, 1.807) is 6.20 Å². The molecule has 2 aromatic rings. The number of carboxylic acids is 1. The molecule has 0 amide bonds. The standard InChI is InChI=1S/C15H15NO2/c17-15(18)9-8-13-7-4-10-16-14(13)11-12-5-2-1-3-6-12/h1-7,10H,8-9,11H2,(H,17,18). The molecule has 1 aromatic carbocycles. The summed E-state index contributed by atoms with van der Waals surface area (Å²) >= 11 is 0. The van der Waals surface area contributed by atoms with Crippen molar-refractivity contribution in [2.75, 3.05) is 0 Å². The molecular formula is C15H15NO2. The third-order valence-electron chi connectivity index (χ3n) is 2.81. The zero-order valence-corrected chi connectivity index (χ0v) is 10.0. The number of aryl methyl sites for hydroxylation is 1. The van der Waals surface area contributed by atoms with Gasteiger partial charge in [0.25, 0.3) is 0 Å². The van der Waals surface area contributed by atoms with Gasteiger partial charge in [-0.05, 0) is 23.6 Å². The Kier molecular flexibility index (Phi) is 4.07. The summed E-state index contributed by atoms with van der Waals surface area (Å²) in [5, 5.41) is 8.74. The van der Waals surface area contributed by atoms with Gasteiger partial charge >= 0.3 is 5.97 Å². The zero-order chi connectivity index (χ0) is 12.8. The Morgan fingerprint density at radius 1 is 1.11 bits per heavy atom. The van der Waals surface area contributed by atoms with Crippen LogP contribution in [0.4, 0.5) is 0 Å². The molecule has 0 radical (unpaired) electrons. The van der Waals surface area contributed by atoms with E-state index in [1.165, 1.54) is 5.56 Å².